The molecule has 0 amide bonds. The van der Waals surface area contributed by atoms with Crippen LogP contribution in [-0.2, 0) is 10.0 Å². The van der Waals surface area contributed by atoms with E-state index in [1.54, 1.807) is 0 Å². The molecular weight excluding hydrogens is 313 g/mol. The Balaban J connectivity index is 2.40. The normalized spacial score (nSPS) is 11.0. The summed E-state index contributed by atoms with van der Waals surface area (Å²) in [6.07, 6.45) is 0. The number of hydrogen-bond acceptors (Lipinski definition) is 4. The average molecular weight is 325 g/mol. The maximum Gasteiger partial charge on any atom is 0.340 e. The van der Waals surface area contributed by atoms with Crippen molar-refractivity contribution in [3.05, 3.63) is 53.8 Å². The summed E-state index contributed by atoms with van der Waals surface area (Å²) in [5, 5.41) is 8.99. The van der Waals surface area contributed by atoms with Crippen molar-refractivity contribution >= 4 is 21.7 Å². The Morgan fingerprint density at radius 3 is 2.36 bits per heavy atom. The first-order chi connectivity index (χ1) is 10.3. The van der Waals surface area contributed by atoms with E-state index in [9.17, 15) is 17.6 Å². The molecule has 0 aromatic heterocycles. The van der Waals surface area contributed by atoms with Crippen LogP contribution in [-0.4, -0.2) is 26.6 Å². The number of halogens is 1. The molecule has 0 aliphatic rings. The highest BCUT2D eigenvalue weighted by molar-refractivity contribution is 7.92. The third-order valence-electron chi connectivity index (χ3n) is 2.84. The number of hydrogen-bond donors (Lipinski definition) is 2. The fourth-order valence-electron chi connectivity index (χ4n) is 1.79. The largest absolute Gasteiger partial charge is 0.497 e. The Kier molecular flexibility index (Phi) is 4.32. The molecule has 2 aromatic rings. The number of carboxylic acids is 1. The number of aromatic carboxylic acids is 1. The van der Waals surface area contributed by atoms with Crippen molar-refractivity contribution in [2.75, 3.05) is 11.8 Å². The highest BCUT2D eigenvalue weighted by Crippen LogP contribution is 2.23. The molecule has 0 radical (unpaired) electrons. The molecule has 2 rings (SSSR count). The molecule has 0 aliphatic carbocycles. The Labute approximate surface area is 126 Å². The predicted octanol–water partition coefficient (Wildman–Crippen LogP) is 2.33. The lowest BCUT2D eigenvalue weighted by atomic mass is 10.2. The summed E-state index contributed by atoms with van der Waals surface area (Å²) in [5.41, 5.74) is -1.08. The molecule has 116 valence electrons. The van der Waals surface area contributed by atoms with Crippen LogP contribution in [0.3, 0.4) is 0 Å². The Bertz CT molecular complexity index is 802. The van der Waals surface area contributed by atoms with E-state index in [0.29, 0.717) is 5.75 Å². The van der Waals surface area contributed by atoms with Gasteiger partial charge in [-0.2, -0.15) is 0 Å². The quantitative estimate of drug-likeness (QED) is 0.880. The van der Waals surface area contributed by atoms with Gasteiger partial charge in [-0.3, -0.25) is 4.72 Å². The zero-order valence-corrected chi connectivity index (χ0v) is 12.2. The second-order valence-electron chi connectivity index (χ2n) is 4.25. The van der Waals surface area contributed by atoms with Crippen molar-refractivity contribution in [2.24, 2.45) is 0 Å². The minimum absolute atomic E-state index is 0.103. The number of benzene rings is 2. The van der Waals surface area contributed by atoms with Gasteiger partial charge in [0.2, 0.25) is 0 Å². The summed E-state index contributed by atoms with van der Waals surface area (Å²) in [4.78, 5) is 11.0. The molecule has 2 aromatic carbocycles. The summed E-state index contributed by atoms with van der Waals surface area (Å²) in [5.74, 6) is -2.12. The van der Waals surface area contributed by atoms with Crippen molar-refractivity contribution < 1.29 is 27.4 Å². The van der Waals surface area contributed by atoms with Crippen molar-refractivity contribution in [1.29, 1.82) is 0 Å². The Hall–Kier alpha value is -2.61. The highest BCUT2D eigenvalue weighted by atomic mass is 32.2. The van der Waals surface area contributed by atoms with E-state index in [2.05, 4.69) is 4.72 Å². The number of ether oxygens (including phenoxy) is 1. The van der Waals surface area contributed by atoms with Gasteiger partial charge in [-0.05, 0) is 36.4 Å². The van der Waals surface area contributed by atoms with Gasteiger partial charge in [0.1, 0.15) is 17.1 Å². The van der Waals surface area contributed by atoms with Gasteiger partial charge >= 0.3 is 5.97 Å². The topological polar surface area (TPSA) is 92.7 Å². The average Bonchev–Trinajstić information content (AvgIpc) is 2.46. The number of sulfonamides is 1. The van der Waals surface area contributed by atoms with Gasteiger partial charge in [0.15, 0.2) is 0 Å². The number of methoxy groups -OCH3 is 1. The zero-order chi connectivity index (χ0) is 16.3. The van der Waals surface area contributed by atoms with Crippen LogP contribution >= 0.6 is 0 Å². The lowest BCUT2D eigenvalue weighted by Crippen LogP contribution is -2.16. The van der Waals surface area contributed by atoms with Gasteiger partial charge in [-0.25, -0.2) is 17.6 Å². The van der Waals surface area contributed by atoms with Crippen LogP contribution in [0.1, 0.15) is 10.4 Å². The van der Waals surface area contributed by atoms with E-state index in [0.717, 1.165) is 6.07 Å². The molecule has 0 saturated heterocycles. The summed E-state index contributed by atoms with van der Waals surface area (Å²) in [6, 6.07) is 8.80. The summed E-state index contributed by atoms with van der Waals surface area (Å²) in [6.45, 7) is 0. The van der Waals surface area contributed by atoms with Crippen LogP contribution in [0.15, 0.2) is 47.4 Å². The van der Waals surface area contributed by atoms with Gasteiger partial charge in [0.25, 0.3) is 10.0 Å². The SMILES string of the molecule is COc1ccc(S(=O)(=O)Nc2cccc(F)c2C(=O)O)cc1. The number of carbonyl (C=O) groups is 1. The van der Waals surface area contributed by atoms with E-state index in [1.165, 1.54) is 43.5 Å². The summed E-state index contributed by atoms with van der Waals surface area (Å²) >= 11 is 0. The first kappa shape index (κ1) is 15.8. The molecule has 0 atom stereocenters. The smallest absolute Gasteiger partial charge is 0.340 e. The van der Waals surface area contributed by atoms with E-state index in [1.807, 2.05) is 0 Å². The fourth-order valence-corrected chi connectivity index (χ4v) is 2.86. The second-order valence-corrected chi connectivity index (χ2v) is 5.93. The van der Waals surface area contributed by atoms with E-state index in [-0.39, 0.29) is 10.6 Å². The minimum Gasteiger partial charge on any atom is -0.497 e. The van der Waals surface area contributed by atoms with Gasteiger partial charge in [0.05, 0.1) is 17.7 Å². The zero-order valence-electron chi connectivity index (χ0n) is 11.4. The highest BCUT2D eigenvalue weighted by Gasteiger charge is 2.21. The predicted molar refractivity (Wildman–Crippen MR) is 77.2 cm³/mol. The first-order valence-corrected chi connectivity index (χ1v) is 7.52. The van der Waals surface area contributed by atoms with Crippen molar-refractivity contribution in [3.8, 4) is 5.75 Å². The van der Waals surface area contributed by atoms with Crippen LogP contribution in [0.4, 0.5) is 10.1 Å². The number of carboxylic acid groups (broad SMARTS) is 1. The van der Waals surface area contributed by atoms with Gasteiger partial charge in [-0.1, -0.05) is 6.07 Å². The molecule has 0 heterocycles. The summed E-state index contributed by atoms with van der Waals surface area (Å²) < 4.78 is 45.0. The molecule has 6 nitrogen and oxygen atoms in total. The third-order valence-corrected chi connectivity index (χ3v) is 4.22. The molecule has 8 heteroatoms. The standard InChI is InChI=1S/C14H12FNO5S/c1-21-9-5-7-10(8-6-9)22(19,20)16-12-4-2-3-11(15)13(12)14(17)18/h2-8,16H,1H3,(H,17,18). The van der Waals surface area contributed by atoms with Crippen LogP contribution < -0.4 is 9.46 Å². The molecule has 0 fully saturated rings. The van der Waals surface area contributed by atoms with Gasteiger partial charge in [-0.15, -0.1) is 0 Å². The Morgan fingerprint density at radius 2 is 1.82 bits per heavy atom. The fraction of sp³-hybridized carbons (Fsp3) is 0.0714. The van der Waals surface area contributed by atoms with Crippen LogP contribution in [0, 0.1) is 5.82 Å². The maximum atomic E-state index is 13.5. The van der Waals surface area contributed by atoms with Crippen molar-refractivity contribution in [3.63, 3.8) is 0 Å². The molecule has 22 heavy (non-hydrogen) atoms. The lowest BCUT2D eigenvalue weighted by molar-refractivity contribution is 0.0693. The van der Waals surface area contributed by atoms with Crippen LogP contribution in [0.2, 0.25) is 0 Å². The molecule has 0 bridgehead atoms. The lowest BCUT2D eigenvalue weighted by Gasteiger charge is -2.11. The molecule has 2 N–H and O–H groups in total. The van der Waals surface area contributed by atoms with Crippen LogP contribution in [0.25, 0.3) is 0 Å². The molecule has 0 aliphatic heterocycles. The first-order valence-electron chi connectivity index (χ1n) is 6.04. The molecule has 0 unspecified atom stereocenters. The second kappa shape index (κ2) is 6.02. The number of anilines is 1. The molecule has 0 spiro atoms. The summed E-state index contributed by atoms with van der Waals surface area (Å²) in [7, 11) is -2.61. The number of rotatable bonds is 5. The van der Waals surface area contributed by atoms with E-state index >= 15 is 0 Å². The van der Waals surface area contributed by atoms with Crippen LogP contribution in [0.5, 0.6) is 5.75 Å². The van der Waals surface area contributed by atoms with Gasteiger partial charge < -0.3 is 9.84 Å². The monoisotopic (exact) mass is 325 g/mol. The third kappa shape index (κ3) is 3.17. The van der Waals surface area contributed by atoms with Crippen molar-refractivity contribution in [1.82, 2.24) is 0 Å². The Morgan fingerprint density at radius 1 is 1.18 bits per heavy atom. The van der Waals surface area contributed by atoms with Crippen molar-refractivity contribution in [2.45, 2.75) is 4.90 Å². The maximum absolute atomic E-state index is 13.5. The minimum atomic E-state index is -4.05. The molecule has 0 saturated carbocycles. The van der Waals surface area contributed by atoms with E-state index < -0.39 is 27.4 Å². The van der Waals surface area contributed by atoms with E-state index in [4.69, 9.17) is 9.84 Å². The number of nitrogens with one attached hydrogen (secondary N) is 1. The molecular formula is C14H12FNO5S. The van der Waals surface area contributed by atoms with Gasteiger partial charge in [0, 0.05) is 0 Å².